The molecule has 94 valence electrons. The molecule has 0 amide bonds. The topological polar surface area (TPSA) is 12.0 Å². The summed E-state index contributed by atoms with van der Waals surface area (Å²) in [4.78, 5) is 0. The Bertz CT molecular complexity index is 341. The minimum absolute atomic E-state index is 1.10. The van der Waals surface area contributed by atoms with Crippen LogP contribution in [0.3, 0.4) is 0 Å². The SMILES string of the molecule is C=C(CCC)c1cccc(CCCCNC)c1. The van der Waals surface area contributed by atoms with Crippen molar-refractivity contribution in [3.05, 3.63) is 42.0 Å². The van der Waals surface area contributed by atoms with Gasteiger partial charge in [-0.3, -0.25) is 0 Å². The lowest BCUT2D eigenvalue weighted by molar-refractivity contribution is 0.677. The molecular formula is C16H25N. The van der Waals surface area contributed by atoms with E-state index in [-0.39, 0.29) is 0 Å². The molecule has 0 atom stereocenters. The van der Waals surface area contributed by atoms with Crippen molar-refractivity contribution in [2.24, 2.45) is 0 Å². The van der Waals surface area contributed by atoms with Crippen LogP contribution in [0.1, 0.15) is 43.7 Å². The van der Waals surface area contributed by atoms with Crippen LogP contribution in [0, 0.1) is 0 Å². The molecule has 1 N–H and O–H groups in total. The molecule has 1 aromatic carbocycles. The van der Waals surface area contributed by atoms with Gasteiger partial charge < -0.3 is 5.32 Å². The van der Waals surface area contributed by atoms with Gasteiger partial charge in [0.1, 0.15) is 0 Å². The Hall–Kier alpha value is -1.08. The smallest absolute Gasteiger partial charge is 0.00518 e. The van der Waals surface area contributed by atoms with Gasteiger partial charge in [-0.15, -0.1) is 0 Å². The van der Waals surface area contributed by atoms with Gasteiger partial charge in [-0.05, 0) is 56.0 Å². The maximum atomic E-state index is 4.16. The standard InChI is InChI=1S/C16H25N/c1-4-8-14(2)16-11-7-10-15(13-16)9-5-6-12-17-3/h7,10-11,13,17H,2,4-6,8-9,12H2,1,3H3. The van der Waals surface area contributed by atoms with Gasteiger partial charge in [0.05, 0.1) is 0 Å². The second-order valence-electron chi connectivity index (χ2n) is 4.61. The largest absolute Gasteiger partial charge is 0.320 e. The van der Waals surface area contributed by atoms with Gasteiger partial charge in [0.2, 0.25) is 0 Å². The maximum absolute atomic E-state index is 4.16. The third kappa shape index (κ3) is 5.18. The molecular weight excluding hydrogens is 206 g/mol. The molecule has 0 unspecified atom stereocenters. The molecule has 0 bridgehead atoms. The Morgan fingerprint density at radius 2 is 2.12 bits per heavy atom. The minimum Gasteiger partial charge on any atom is -0.320 e. The van der Waals surface area contributed by atoms with Gasteiger partial charge in [-0.1, -0.05) is 44.2 Å². The van der Waals surface area contributed by atoms with Gasteiger partial charge in [0.25, 0.3) is 0 Å². The number of hydrogen-bond donors (Lipinski definition) is 1. The fraction of sp³-hybridized carbons (Fsp3) is 0.500. The third-order valence-corrected chi connectivity index (χ3v) is 3.03. The van der Waals surface area contributed by atoms with Gasteiger partial charge in [-0.25, -0.2) is 0 Å². The minimum atomic E-state index is 1.10. The summed E-state index contributed by atoms with van der Waals surface area (Å²) in [5.41, 5.74) is 4.03. The van der Waals surface area contributed by atoms with E-state index in [1.807, 2.05) is 7.05 Å². The fourth-order valence-electron chi connectivity index (χ4n) is 2.02. The summed E-state index contributed by atoms with van der Waals surface area (Å²) in [6.45, 7) is 7.47. The first kappa shape index (κ1) is 14.0. The van der Waals surface area contributed by atoms with Crippen LogP contribution >= 0.6 is 0 Å². The maximum Gasteiger partial charge on any atom is -0.00518 e. The number of rotatable bonds is 8. The van der Waals surface area contributed by atoms with E-state index in [0.29, 0.717) is 0 Å². The Kier molecular flexibility index (Phi) is 6.64. The van der Waals surface area contributed by atoms with Gasteiger partial charge in [-0.2, -0.15) is 0 Å². The van der Waals surface area contributed by atoms with E-state index in [0.717, 1.165) is 13.0 Å². The number of nitrogens with one attached hydrogen (secondary N) is 1. The van der Waals surface area contributed by atoms with Crippen LogP contribution in [0.5, 0.6) is 0 Å². The quantitative estimate of drug-likeness (QED) is 0.666. The van der Waals surface area contributed by atoms with E-state index in [9.17, 15) is 0 Å². The zero-order chi connectivity index (χ0) is 12.5. The summed E-state index contributed by atoms with van der Waals surface area (Å²) in [5, 5.41) is 3.19. The predicted molar refractivity (Wildman–Crippen MR) is 77.2 cm³/mol. The highest BCUT2D eigenvalue weighted by Crippen LogP contribution is 2.19. The first-order valence-corrected chi connectivity index (χ1v) is 6.69. The highest BCUT2D eigenvalue weighted by Gasteiger charge is 1.99. The van der Waals surface area contributed by atoms with E-state index in [4.69, 9.17) is 0 Å². The molecule has 17 heavy (non-hydrogen) atoms. The number of allylic oxidation sites excluding steroid dienone is 1. The van der Waals surface area contributed by atoms with E-state index >= 15 is 0 Å². The molecule has 0 aliphatic carbocycles. The molecule has 0 saturated heterocycles. The summed E-state index contributed by atoms with van der Waals surface area (Å²) in [6.07, 6.45) is 5.95. The molecule has 0 aliphatic heterocycles. The number of aryl methyl sites for hydroxylation is 1. The molecule has 1 nitrogen and oxygen atoms in total. The molecule has 1 rings (SSSR count). The summed E-state index contributed by atoms with van der Waals surface area (Å²) >= 11 is 0. The van der Waals surface area contributed by atoms with Gasteiger partial charge in [0, 0.05) is 0 Å². The van der Waals surface area contributed by atoms with Crippen LogP contribution in [0.15, 0.2) is 30.8 Å². The van der Waals surface area contributed by atoms with E-state index in [2.05, 4.69) is 43.1 Å². The number of benzene rings is 1. The summed E-state index contributed by atoms with van der Waals surface area (Å²) in [5.74, 6) is 0. The molecule has 0 fully saturated rings. The highest BCUT2D eigenvalue weighted by atomic mass is 14.8. The Morgan fingerprint density at radius 1 is 1.29 bits per heavy atom. The van der Waals surface area contributed by atoms with Crippen LogP contribution in [-0.4, -0.2) is 13.6 Å². The van der Waals surface area contributed by atoms with Crippen LogP contribution in [0.25, 0.3) is 5.57 Å². The van der Waals surface area contributed by atoms with Crippen molar-refractivity contribution in [2.45, 2.75) is 39.0 Å². The summed E-state index contributed by atoms with van der Waals surface area (Å²) in [6, 6.07) is 8.86. The van der Waals surface area contributed by atoms with Crippen molar-refractivity contribution < 1.29 is 0 Å². The zero-order valence-corrected chi connectivity index (χ0v) is 11.3. The van der Waals surface area contributed by atoms with Crippen molar-refractivity contribution in [1.29, 1.82) is 0 Å². The monoisotopic (exact) mass is 231 g/mol. The lowest BCUT2D eigenvalue weighted by Crippen LogP contribution is -2.07. The Labute approximate surface area is 106 Å². The Balaban J connectivity index is 2.50. The normalized spacial score (nSPS) is 10.5. The lowest BCUT2D eigenvalue weighted by Gasteiger charge is -2.07. The second kappa shape index (κ2) is 8.08. The van der Waals surface area contributed by atoms with E-state index < -0.39 is 0 Å². The van der Waals surface area contributed by atoms with E-state index in [1.165, 1.54) is 42.4 Å². The third-order valence-electron chi connectivity index (χ3n) is 3.03. The molecule has 0 spiro atoms. The van der Waals surface area contributed by atoms with Crippen LogP contribution < -0.4 is 5.32 Å². The first-order chi connectivity index (χ1) is 8.27. The number of unbranched alkanes of at least 4 members (excludes halogenated alkanes) is 1. The zero-order valence-electron chi connectivity index (χ0n) is 11.3. The van der Waals surface area contributed by atoms with Crippen molar-refractivity contribution in [1.82, 2.24) is 5.32 Å². The molecule has 1 aromatic rings. The van der Waals surface area contributed by atoms with Crippen molar-refractivity contribution in [3.63, 3.8) is 0 Å². The summed E-state index contributed by atoms with van der Waals surface area (Å²) < 4.78 is 0. The van der Waals surface area contributed by atoms with Crippen molar-refractivity contribution >= 4 is 5.57 Å². The molecule has 0 saturated carbocycles. The fourth-order valence-corrected chi connectivity index (χ4v) is 2.02. The molecule has 0 heterocycles. The highest BCUT2D eigenvalue weighted by molar-refractivity contribution is 5.63. The molecule has 0 aliphatic rings. The summed E-state index contributed by atoms with van der Waals surface area (Å²) in [7, 11) is 2.01. The lowest BCUT2D eigenvalue weighted by atomic mass is 9.99. The van der Waals surface area contributed by atoms with Crippen LogP contribution in [0.2, 0.25) is 0 Å². The van der Waals surface area contributed by atoms with Gasteiger partial charge in [0.15, 0.2) is 0 Å². The Morgan fingerprint density at radius 3 is 2.82 bits per heavy atom. The molecule has 0 radical (unpaired) electrons. The van der Waals surface area contributed by atoms with Crippen LogP contribution in [0.4, 0.5) is 0 Å². The second-order valence-corrected chi connectivity index (χ2v) is 4.61. The van der Waals surface area contributed by atoms with Crippen molar-refractivity contribution in [2.75, 3.05) is 13.6 Å². The molecule has 0 aromatic heterocycles. The predicted octanol–water partition coefficient (Wildman–Crippen LogP) is 4.04. The van der Waals surface area contributed by atoms with Crippen molar-refractivity contribution in [3.8, 4) is 0 Å². The first-order valence-electron chi connectivity index (χ1n) is 6.69. The van der Waals surface area contributed by atoms with E-state index in [1.54, 1.807) is 0 Å². The molecule has 1 heteroatoms. The van der Waals surface area contributed by atoms with Crippen LogP contribution in [-0.2, 0) is 6.42 Å². The average Bonchev–Trinajstić information content (AvgIpc) is 2.35. The average molecular weight is 231 g/mol. The van der Waals surface area contributed by atoms with Gasteiger partial charge >= 0.3 is 0 Å². The number of hydrogen-bond acceptors (Lipinski definition) is 1.